The lowest BCUT2D eigenvalue weighted by atomic mass is 9.68. The van der Waals surface area contributed by atoms with Crippen LogP contribution in [0, 0.1) is 5.41 Å². The Balaban J connectivity index is 2.22. The zero-order valence-electron chi connectivity index (χ0n) is 16.0. The second kappa shape index (κ2) is 6.76. The maximum atomic E-state index is 13.0. The summed E-state index contributed by atoms with van der Waals surface area (Å²) in [5.41, 5.74) is 2.40. The Kier molecular flexibility index (Phi) is 4.76. The largest absolute Gasteiger partial charge is 0.508 e. The predicted molar refractivity (Wildman–Crippen MR) is 100 cm³/mol. The molecule has 0 fully saturated rings. The van der Waals surface area contributed by atoms with E-state index in [-0.39, 0.29) is 29.3 Å². The van der Waals surface area contributed by atoms with Crippen LogP contribution in [0.15, 0.2) is 40.7 Å². The molecule has 144 valence electrons. The molecule has 2 aliphatic rings. The molecule has 0 amide bonds. The van der Waals surface area contributed by atoms with Crippen molar-refractivity contribution in [2.75, 3.05) is 6.61 Å². The molecule has 0 saturated heterocycles. The number of hydrogen-bond donors (Lipinski definition) is 3. The molecule has 1 atom stereocenters. The third-order valence-electron chi connectivity index (χ3n) is 5.06. The van der Waals surface area contributed by atoms with E-state index >= 15 is 0 Å². The highest BCUT2D eigenvalue weighted by Crippen LogP contribution is 2.48. The number of nitrogens with one attached hydrogen (secondary N) is 1. The molecule has 0 spiro atoms. The number of phenolic OH excluding ortho intramolecular Hbond substituents is 2. The molecule has 1 aliphatic carbocycles. The number of rotatable bonds is 3. The number of aromatic hydroxyl groups is 2. The molecule has 6 nitrogen and oxygen atoms in total. The van der Waals surface area contributed by atoms with Crippen molar-refractivity contribution >= 4 is 11.8 Å². The average molecular weight is 371 g/mol. The van der Waals surface area contributed by atoms with Gasteiger partial charge in [-0.25, -0.2) is 4.79 Å². The van der Waals surface area contributed by atoms with Gasteiger partial charge in [-0.1, -0.05) is 19.9 Å². The Morgan fingerprint density at radius 2 is 2.00 bits per heavy atom. The topological polar surface area (TPSA) is 95.9 Å². The summed E-state index contributed by atoms with van der Waals surface area (Å²) in [5.74, 6) is -1.57. The van der Waals surface area contributed by atoms with Crippen molar-refractivity contribution in [3.05, 3.63) is 46.3 Å². The van der Waals surface area contributed by atoms with Crippen molar-refractivity contribution in [1.82, 2.24) is 5.32 Å². The summed E-state index contributed by atoms with van der Waals surface area (Å²) in [6.45, 7) is 7.76. The number of benzene rings is 1. The van der Waals surface area contributed by atoms with E-state index in [0.717, 1.165) is 5.70 Å². The summed E-state index contributed by atoms with van der Waals surface area (Å²) < 4.78 is 5.22. The van der Waals surface area contributed by atoms with Crippen LogP contribution in [0.5, 0.6) is 11.5 Å². The molecule has 1 heterocycles. The van der Waals surface area contributed by atoms with Gasteiger partial charge in [-0.2, -0.15) is 0 Å². The molecule has 0 radical (unpaired) electrons. The fourth-order valence-electron chi connectivity index (χ4n) is 4.00. The van der Waals surface area contributed by atoms with E-state index in [1.165, 1.54) is 12.1 Å². The predicted octanol–water partition coefficient (Wildman–Crippen LogP) is 3.26. The summed E-state index contributed by atoms with van der Waals surface area (Å²) in [6.07, 6.45) is 1.02. The highest BCUT2D eigenvalue weighted by atomic mass is 16.5. The number of ether oxygens (including phenoxy) is 1. The number of esters is 1. The van der Waals surface area contributed by atoms with Crippen LogP contribution in [-0.4, -0.2) is 28.6 Å². The SMILES string of the molecule is CCOC(=O)C1=C(C)NC2=C(C(=O)CC(C)(C)C2)C1c1ccc(O)cc1O. The first-order chi connectivity index (χ1) is 12.6. The minimum Gasteiger partial charge on any atom is -0.508 e. The van der Waals surface area contributed by atoms with Crippen LogP contribution >= 0.6 is 0 Å². The van der Waals surface area contributed by atoms with Crippen LogP contribution in [0.25, 0.3) is 0 Å². The van der Waals surface area contributed by atoms with Crippen LogP contribution < -0.4 is 5.32 Å². The summed E-state index contributed by atoms with van der Waals surface area (Å²) in [7, 11) is 0. The Morgan fingerprint density at radius 1 is 1.30 bits per heavy atom. The molecule has 27 heavy (non-hydrogen) atoms. The van der Waals surface area contributed by atoms with Crippen LogP contribution in [0.4, 0.5) is 0 Å². The Bertz CT molecular complexity index is 879. The highest BCUT2D eigenvalue weighted by molar-refractivity contribution is 6.04. The van der Waals surface area contributed by atoms with E-state index in [9.17, 15) is 19.8 Å². The summed E-state index contributed by atoms with van der Waals surface area (Å²) in [4.78, 5) is 25.7. The molecular formula is C21H25NO5. The standard InChI is InChI=1S/C21H25NO5/c1-5-27-20(26)17-11(2)22-14-9-21(3,4)10-16(25)19(14)18(17)13-7-6-12(23)8-15(13)24/h6-8,18,22-24H,5,9-10H2,1-4H3. The van der Waals surface area contributed by atoms with Gasteiger partial charge in [0.15, 0.2) is 5.78 Å². The van der Waals surface area contributed by atoms with Gasteiger partial charge < -0.3 is 20.3 Å². The number of carbonyl (C=O) groups excluding carboxylic acids is 2. The molecule has 1 aliphatic heterocycles. The van der Waals surface area contributed by atoms with E-state index in [0.29, 0.717) is 35.2 Å². The smallest absolute Gasteiger partial charge is 0.336 e. The summed E-state index contributed by atoms with van der Waals surface area (Å²) >= 11 is 0. The average Bonchev–Trinajstić information content (AvgIpc) is 2.52. The van der Waals surface area contributed by atoms with Crippen molar-refractivity contribution in [2.45, 2.75) is 46.5 Å². The molecule has 1 unspecified atom stereocenters. The molecule has 3 N–H and O–H groups in total. The first-order valence-corrected chi connectivity index (χ1v) is 9.07. The fraction of sp³-hybridized carbons (Fsp3) is 0.429. The normalized spacial score (nSPS) is 21.6. The summed E-state index contributed by atoms with van der Waals surface area (Å²) in [5, 5.41) is 23.3. The van der Waals surface area contributed by atoms with Crippen molar-refractivity contribution in [1.29, 1.82) is 0 Å². The molecule has 3 rings (SSSR count). The van der Waals surface area contributed by atoms with Gasteiger partial charge in [-0.05, 0) is 31.7 Å². The van der Waals surface area contributed by atoms with Crippen molar-refractivity contribution in [2.24, 2.45) is 5.41 Å². The van der Waals surface area contributed by atoms with Gasteiger partial charge in [0.05, 0.1) is 18.1 Å². The number of Topliss-reactive ketones (excluding diaryl/α,β-unsaturated/α-hetero) is 1. The van der Waals surface area contributed by atoms with Crippen LogP contribution in [-0.2, 0) is 14.3 Å². The number of carbonyl (C=O) groups is 2. The molecule has 1 aromatic carbocycles. The van der Waals surface area contributed by atoms with E-state index in [1.807, 2.05) is 13.8 Å². The van der Waals surface area contributed by atoms with E-state index in [1.54, 1.807) is 19.9 Å². The van der Waals surface area contributed by atoms with E-state index in [4.69, 9.17) is 4.74 Å². The maximum absolute atomic E-state index is 13.0. The van der Waals surface area contributed by atoms with Crippen molar-refractivity contribution in [3.63, 3.8) is 0 Å². The Labute approximate surface area is 158 Å². The molecule has 1 aromatic rings. The minimum absolute atomic E-state index is 0.0551. The monoisotopic (exact) mass is 371 g/mol. The van der Waals surface area contributed by atoms with E-state index in [2.05, 4.69) is 5.32 Å². The second-order valence-electron chi connectivity index (χ2n) is 7.89. The van der Waals surface area contributed by atoms with Gasteiger partial charge in [-0.3, -0.25) is 4.79 Å². The first kappa shape index (κ1) is 19.0. The van der Waals surface area contributed by atoms with Crippen LogP contribution in [0.3, 0.4) is 0 Å². The molecule has 6 heteroatoms. The minimum atomic E-state index is -0.732. The maximum Gasteiger partial charge on any atom is 0.336 e. The van der Waals surface area contributed by atoms with Gasteiger partial charge in [0.2, 0.25) is 0 Å². The van der Waals surface area contributed by atoms with Crippen LogP contribution in [0.1, 0.15) is 52.0 Å². The fourth-order valence-corrected chi connectivity index (χ4v) is 4.00. The third kappa shape index (κ3) is 3.44. The highest BCUT2D eigenvalue weighted by Gasteiger charge is 2.43. The molecule has 0 bridgehead atoms. The second-order valence-corrected chi connectivity index (χ2v) is 7.89. The number of dihydropyridines is 1. The zero-order valence-corrected chi connectivity index (χ0v) is 16.0. The van der Waals surface area contributed by atoms with E-state index < -0.39 is 11.9 Å². The Hall–Kier alpha value is -2.76. The lowest BCUT2D eigenvalue weighted by Crippen LogP contribution is -2.38. The third-order valence-corrected chi connectivity index (χ3v) is 5.06. The summed E-state index contributed by atoms with van der Waals surface area (Å²) in [6, 6.07) is 4.20. The molecule has 0 aromatic heterocycles. The zero-order chi connectivity index (χ0) is 19.9. The first-order valence-electron chi connectivity index (χ1n) is 9.07. The van der Waals surface area contributed by atoms with Gasteiger partial charge in [0, 0.05) is 35.0 Å². The van der Waals surface area contributed by atoms with Gasteiger partial charge in [-0.15, -0.1) is 0 Å². The Morgan fingerprint density at radius 3 is 2.63 bits per heavy atom. The van der Waals surface area contributed by atoms with Gasteiger partial charge >= 0.3 is 5.97 Å². The van der Waals surface area contributed by atoms with Crippen molar-refractivity contribution in [3.8, 4) is 11.5 Å². The van der Waals surface area contributed by atoms with Crippen molar-refractivity contribution < 1.29 is 24.5 Å². The number of phenols is 2. The number of allylic oxidation sites excluding steroid dienone is 3. The number of hydrogen-bond acceptors (Lipinski definition) is 6. The van der Waals surface area contributed by atoms with Crippen LogP contribution in [0.2, 0.25) is 0 Å². The molecule has 0 saturated carbocycles. The van der Waals surface area contributed by atoms with Gasteiger partial charge in [0.25, 0.3) is 0 Å². The number of ketones is 1. The van der Waals surface area contributed by atoms with Gasteiger partial charge in [0.1, 0.15) is 11.5 Å². The lowest BCUT2D eigenvalue weighted by molar-refractivity contribution is -0.138. The molecular weight excluding hydrogens is 346 g/mol. The lowest BCUT2D eigenvalue weighted by Gasteiger charge is -2.39. The quantitative estimate of drug-likeness (QED) is 0.706.